The number of carbonyl (C=O) groups is 2. The highest BCUT2D eigenvalue weighted by Crippen LogP contribution is 2.22. The van der Waals surface area contributed by atoms with Crippen molar-refractivity contribution in [1.82, 2.24) is 10.6 Å². The molecule has 1 aromatic heterocycles. The minimum absolute atomic E-state index is 0.100. The van der Waals surface area contributed by atoms with Crippen LogP contribution in [0.2, 0.25) is 0 Å². The fourth-order valence-corrected chi connectivity index (χ4v) is 2.36. The second-order valence-corrected chi connectivity index (χ2v) is 4.75. The lowest BCUT2D eigenvalue weighted by Gasteiger charge is -2.22. The van der Waals surface area contributed by atoms with E-state index in [0.717, 1.165) is 12.5 Å². The van der Waals surface area contributed by atoms with Gasteiger partial charge in [0, 0.05) is 11.9 Å². The van der Waals surface area contributed by atoms with E-state index in [-0.39, 0.29) is 11.5 Å². The zero-order valence-electron chi connectivity index (χ0n) is 10.6. The number of hydrogen-bond donors (Lipinski definition) is 2. The molecule has 1 atom stereocenters. The average Bonchev–Trinajstić information content (AvgIpc) is 2.88. The van der Waals surface area contributed by atoms with Crippen LogP contribution in [0, 0.1) is 5.82 Å². The van der Waals surface area contributed by atoms with Gasteiger partial charge in [-0.1, -0.05) is 0 Å². The number of nitrogens with one attached hydrogen (secondary N) is 2. The van der Waals surface area contributed by atoms with Crippen molar-refractivity contribution in [1.29, 1.82) is 0 Å². The van der Waals surface area contributed by atoms with E-state index in [0.29, 0.717) is 23.9 Å². The van der Waals surface area contributed by atoms with Crippen molar-refractivity contribution in [3.8, 4) is 0 Å². The third-order valence-electron chi connectivity index (χ3n) is 3.35. The first-order valence-electron chi connectivity index (χ1n) is 6.40. The highest BCUT2D eigenvalue weighted by atomic mass is 19.1. The smallest absolute Gasteiger partial charge is 0.255 e. The topological polar surface area (TPSA) is 71.3 Å². The summed E-state index contributed by atoms with van der Waals surface area (Å²) in [7, 11) is 0. The first kappa shape index (κ1) is 12.7. The number of piperidine rings is 1. The fourth-order valence-electron chi connectivity index (χ4n) is 2.36. The average molecular weight is 276 g/mol. The van der Waals surface area contributed by atoms with Crippen molar-refractivity contribution < 1.29 is 18.4 Å². The van der Waals surface area contributed by atoms with Crippen molar-refractivity contribution >= 4 is 22.8 Å². The molecule has 104 valence electrons. The lowest BCUT2D eigenvalue weighted by atomic mass is 10.1. The monoisotopic (exact) mass is 276 g/mol. The molecule has 1 aliphatic rings. The molecular formula is C14H13FN2O3. The van der Waals surface area contributed by atoms with Crippen LogP contribution in [-0.2, 0) is 4.79 Å². The minimum Gasteiger partial charge on any atom is -0.464 e. The Balaban J connectivity index is 1.88. The van der Waals surface area contributed by atoms with Gasteiger partial charge in [-0.3, -0.25) is 9.59 Å². The molecule has 1 unspecified atom stereocenters. The van der Waals surface area contributed by atoms with E-state index >= 15 is 0 Å². The van der Waals surface area contributed by atoms with Crippen LogP contribution in [0.15, 0.2) is 28.9 Å². The fraction of sp³-hybridized carbons (Fsp3) is 0.286. The lowest BCUT2D eigenvalue weighted by molar-refractivity contribution is -0.124. The van der Waals surface area contributed by atoms with Crippen molar-refractivity contribution in [2.75, 3.05) is 6.54 Å². The van der Waals surface area contributed by atoms with Crippen LogP contribution in [0.1, 0.15) is 23.2 Å². The summed E-state index contributed by atoms with van der Waals surface area (Å²) in [5, 5.41) is 5.81. The highest BCUT2D eigenvalue weighted by molar-refractivity contribution is 6.06. The Morgan fingerprint density at radius 2 is 2.30 bits per heavy atom. The number of amides is 2. The van der Waals surface area contributed by atoms with Crippen LogP contribution in [0.4, 0.5) is 4.39 Å². The zero-order valence-corrected chi connectivity index (χ0v) is 10.6. The van der Waals surface area contributed by atoms with Gasteiger partial charge >= 0.3 is 0 Å². The van der Waals surface area contributed by atoms with Gasteiger partial charge in [0.05, 0.1) is 11.8 Å². The van der Waals surface area contributed by atoms with E-state index in [2.05, 4.69) is 10.6 Å². The van der Waals surface area contributed by atoms with Crippen LogP contribution in [0.5, 0.6) is 0 Å². The summed E-state index contributed by atoms with van der Waals surface area (Å²) < 4.78 is 18.7. The lowest BCUT2D eigenvalue weighted by Crippen LogP contribution is -2.50. The summed E-state index contributed by atoms with van der Waals surface area (Å²) in [6.45, 7) is 0.619. The minimum atomic E-state index is -0.579. The number of halogens is 1. The molecule has 0 spiro atoms. The number of fused-ring (bicyclic) bond motifs is 1. The quantitative estimate of drug-likeness (QED) is 0.874. The predicted octanol–water partition coefficient (Wildman–Crippen LogP) is 1.58. The van der Waals surface area contributed by atoms with Crippen LogP contribution in [0.3, 0.4) is 0 Å². The number of benzene rings is 1. The molecule has 1 aromatic carbocycles. The molecule has 0 saturated carbocycles. The Morgan fingerprint density at radius 3 is 3.10 bits per heavy atom. The summed E-state index contributed by atoms with van der Waals surface area (Å²) in [6.07, 6.45) is 2.78. The van der Waals surface area contributed by atoms with Crippen LogP contribution < -0.4 is 10.6 Å². The van der Waals surface area contributed by atoms with Crippen molar-refractivity contribution in [3.63, 3.8) is 0 Å². The molecule has 1 saturated heterocycles. The van der Waals surface area contributed by atoms with E-state index in [1.54, 1.807) is 6.07 Å². The second kappa shape index (κ2) is 4.96. The van der Waals surface area contributed by atoms with Gasteiger partial charge in [-0.2, -0.15) is 0 Å². The molecule has 5 nitrogen and oxygen atoms in total. The molecule has 3 rings (SSSR count). The normalized spacial score (nSPS) is 18.9. The van der Waals surface area contributed by atoms with Gasteiger partial charge in [0.15, 0.2) is 0 Å². The van der Waals surface area contributed by atoms with Crippen LogP contribution in [0.25, 0.3) is 11.0 Å². The van der Waals surface area contributed by atoms with E-state index in [4.69, 9.17) is 4.42 Å². The number of furan rings is 1. The van der Waals surface area contributed by atoms with Crippen molar-refractivity contribution in [3.05, 3.63) is 35.8 Å². The number of hydrogen-bond acceptors (Lipinski definition) is 3. The zero-order chi connectivity index (χ0) is 14.1. The second-order valence-electron chi connectivity index (χ2n) is 4.75. The SMILES string of the molecule is O=C(NC1CCCNC1=O)c1cc(F)cc2ccoc12. The Bertz CT molecular complexity index is 680. The summed E-state index contributed by atoms with van der Waals surface area (Å²) in [4.78, 5) is 23.8. The molecule has 0 aliphatic carbocycles. The molecule has 2 N–H and O–H groups in total. The molecule has 1 aliphatic heterocycles. The van der Waals surface area contributed by atoms with E-state index in [1.807, 2.05) is 0 Å². The molecule has 2 amide bonds. The number of carbonyl (C=O) groups excluding carboxylic acids is 2. The Hall–Kier alpha value is -2.37. The van der Waals surface area contributed by atoms with Gasteiger partial charge in [0.25, 0.3) is 5.91 Å². The Labute approximate surface area is 114 Å². The first-order valence-corrected chi connectivity index (χ1v) is 6.40. The third kappa shape index (κ3) is 2.24. The van der Waals surface area contributed by atoms with Crippen molar-refractivity contribution in [2.45, 2.75) is 18.9 Å². The van der Waals surface area contributed by atoms with Gasteiger partial charge in [0.1, 0.15) is 17.4 Å². The molecular weight excluding hydrogens is 263 g/mol. The van der Waals surface area contributed by atoms with Crippen LogP contribution in [-0.4, -0.2) is 24.4 Å². The Morgan fingerprint density at radius 1 is 1.45 bits per heavy atom. The maximum atomic E-state index is 13.5. The van der Waals surface area contributed by atoms with E-state index in [9.17, 15) is 14.0 Å². The Kier molecular flexibility index (Phi) is 3.14. The maximum Gasteiger partial charge on any atom is 0.255 e. The van der Waals surface area contributed by atoms with Gasteiger partial charge in [0.2, 0.25) is 5.91 Å². The molecule has 20 heavy (non-hydrogen) atoms. The summed E-state index contributed by atoms with van der Waals surface area (Å²) >= 11 is 0. The summed E-state index contributed by atoms with van der Waals surface area (Å²) in [6, 6.07) is 3.41. The molecule has 2 heterocycles. The van der Waals surface area contributed by atoms with Gasteiger partial charge in [-0.15, -0.1) is 0 Å². The van der Waals surface area contributed by atoms with E-state index in [1.165, 1.54) is 12.3 Å². The molecule has 1 fully saturated rings. The largest absolute Gasteiger partial charge is 0.464 e. The number of rotatable bonds is 2. The summed E-state index contributed by atoms with van der Waals surface area (Å²) in [5.41, 5.74) is 0.420. The highest BCUT2D eigenvalue weighted by Gasteiger charge is 2.25. The van der Waals surface area contributed by atoms with Gasteiger partial charge < -0.3 is 15.1 Å². The van der Waals surface area contributed by atoms with Crippen molar-refractivity contribution in [2.24, 2.45) is 0 Å². The first-order chi connectivity index (χ1) is 9.65. The molecule has 2 aromatic rings. The van der Waals surface area contributed by atoms with Gasteiger partial charge in [-0.05, 0) is 31.0 Å². The third-order valence-corrected chi connectivity index (χ3v) is 3.35. The molecule has 0 bridgehead atoms. The standard InChI is InChI=1S/C14H13FN2O3/c15-9-6-8-3-5-20-12(8)10(7-9)13(18)17-11-2-1-4-16-14(11)19/h3,5-7,11H,1-2,4H2,(H,16,19)(H,17,18). The van der Waals surface area contributed by atoms with E-state index < -0.39 is 17.8 Å². The predicted molar refractivity (Wildman–Crippen MR) is 69.7 cm³/mol. The molecule has 6 heteroatoms. The maximum absolute atomic E-state index is 13.5. The molecule has 0 radical (unpaired) electrons. The van der Waals surface area contributed by atoms with Gasteiger partial charge in [-0.25, -0.2) is 4.39 Å². The summed E-state index contributed by atoms with van der Waals surface area (Å²) in [5.74, 6) is -1.24. The van der Waals surface area contributed by atoms with Crippen LogP contribution >= 0.6 is 0 Å².